The molecule has 3 N–H and O–H groups in total. The van der Waals surface area contributed by atoms with Crippen molar-refractivity contribution >= 4 is 17.2 Å². The molecule has 20 heavy (non-hydrogen) atoms. The van der Waals surface area contributed by atoms with E-state index in [1.165, 1.54) is 12.8 Å². The van der Waals surface area contributed by atoms with Gasteiger partial charge in [-0.05, 0) is 45.1 Å². The minimum Gasteiger partial charge on any atom is -0.353 e. The van der Waals surface area contributed by atoms with Crippen molar-refractivity contribution in [2.45, 2.75) is 57.9 Å². The van der Waals surface area contributed by atoms with Crippen LogP contribution in [-0.4, -0.2) is 23.5 Å². The summed E-state index contributed by atoms with van der Waals surface area (Å²) in [6.45, 7) is 2.69. The summed E-state index contributed by atoms with van der Waals surface area (Å²) in [5, 5.41) is 6.35. The largest absolute Gasteiger partial charge is 0.353 e. The number of carbonyl (C=O) groups excluding carboxylic acids is 1. The predicted molar refractivity (Wildman–Crippen MR) is 82.7 cm³/mol. The second-order valence-corrected chi connectivity index (χ2v) is 6.73. The molecule has 2 rings (SSSR count). The van der Waals surface area contributed by atoms with Crippen molar-refractivity contribution in [1.29, 1.82) is 0 Å². The molecule has 5 heteroatoms. The minimum atomic E-state index is 0.169. The number of amides is 1. The summed E-state index contributed by atoms with van der Waals surface area (Å²) in [5.41, 5.74) is 6.90. The number of hydrogen-bond acceptors (Lipinski definition) is 4. The fourth-order valence-electron chi connectivity index (χ4n) is 2.91. The number of thiazole rings is 1. The first kappa shape index (κ1) is 15.4. The molecule has 2 atom stereocenters. The fourth-order valence-corrected chi connectivity index (χ4v) is 3.56. The molecule has 4 nitrogen and oxygen atoms in total. The Morgan fingerprint density at radius 3 is 3.00 bits per heavy atom. The van der Waals surface area contributed by atoms with E-state index in [1.807, 2.05) is 6.92 Å². The van der Waals surface area contributed by atoms with Crippen molar-refractivity contribution in [3.05, 3.63) is 16.1 Å². The molecule has 1 amide bonds. The number of carbonyl (C=O) groups is 1. The van der Waals surface area contributed by atoms with Gasteiger partial charge in [-0.1, -0.05) is 12.8 Å². The van der Waals surface area contributed by atoms with E-state index in [2.05, 4.69) is 15.7 Å². The van der Waals surface area contributed by atoms with Gasteiger partial charge in [-0.15, -0.1) is 11.3 Å². The molecule has 0 radical (unpaired) electrons. The summed E-state index contributed by atoms with van der Waals surface area (Å²) >= 11 is 1.67. The lowest BCUT2D eigenvalue weighted by molar-refractivity contribution is -0.122. The average Bonchev–Trinajstić information content (AvgIpc) is 2.85. The Balaban J connectivity index is 1.69. The van der Waals surface area contributed by atoms with Gasteiger partial charge >= 0.3 is 0 Å². The smallest absolute Gasteiger partial charge is 0.220 e. The Kier molecular flexibility index (Phi) is 5.98. The predicted octanol–water partition coefficient (Wildman–Crippen LogP) is 2.41. The zero-order valence-corrected chi connectivity index (χ0v) is 13.0. The molecular formula is C15H25N3OS. The molecule has 1 aromatic rings. The summed E-state index contributed by atoms with van der Waals surface area (Å²) in [6.07, 6.45) is 7.04. The Bertz CT molecular complexity index is 433. The van der Waals surface area contributed by atoms with Gasteiger partial charge in [0.05, 0.1) is 10.7 Å². The molecule has 1 aliphatic rings. The molecule has 1 fully saturated rings. The van der Waals surface area contributed by atoms with Gasteiger partial charge in [0.2, 0.25) is 5.91 Å². The maximum Gasteiger partial charge on any atom is 0.220 e. The number of nitrogens with two attached hydrogens (primary N) is 1. The summed E-state index contributed by atoms with van der Waals surface area (Å²) < 4.78 is 0. The van der Waals surface area contributed by atoms with E-state index in [-0.39, 0.29) is 5.91 Å². The maximum atomic E-state index is 12.0. The third-order valence-corrected chi connectivity index (χ3v) is 4.88. The summed E-state index contributed by atoms with van der Waals surface area (Å²) in [5.74, 6) is 0.635. The highest BCUT2D eigenvalue weighted by Crippen LogP contribution is 2.23. The van der Waals surface area contributed by atoms with Crippen LogP contribution in [0.25, 0.3) is 0 Å². The Labute approximate surface area is 125 Å². The van der Waals surface area contributed by atoms with Gasteiger partial charge in [0.15, 0.2) is 0 Å². The number of nitrogens with one attached hydrogen (secondary N) is 1. The van der Waals surface area contributed by atoms with Crippen molar-refractivity contribution in [2.75, 3.05) is 6.54 Å². The van der Waals surface area contributed by atoms with Crippen LogP contribution < -0.4 is 11.1 Å². The van der Waals surface area contributed by atoms with Crippen LogP contribution in [0.2, 0.25) is 0 Å². The zero-order valence-electron chi connectivity index (χ0n) is 12.2. The zero-order chi connectivity index (χ0) is 14.4. The molecule has 2 unspecified atom stereocenters. The van der Waals surface area contributed by atoms with Crippen LogP contribution in [0.1, 0.15) is 49.2 Å². The number of rotatable bonds is 6. The first-order valence-corrected chi connectivity index (χ1v) is 8.47. The summed E-state index contributed by atoms with van der Waals surface area (Å²) in [4.78, 5) is 16.4. The first-order chi connectivity index (χ1) is 9.69. The third-order valence-electron chi connectivity index (χ3n) is 4.06. The highest BCUT2D eigenvalue weighted by molar-refractivity contribution is 7.09. The molecule has 1 saturated carbocycles. The Hall–Kier alpha value is -0.940. The molecule has 1 aromatic heterocycles. The number of aromatic nitrogens is 1. The quantitative estimate of drug-likeness (QED) is 0.847. The second-order valence-electron chi connectivity index (χ2n) is 5.67. The molecule has 1 aliphatic carbocycles. The van der Waals surface area contributed by atoms with Crippen molar-refractivity contribution in [1.82, 2.24) is 10.3 Å². The van der Waals surface area contributed by atoms with Crippen molar-refractivity contribution in [2.24, 2.45) is 11.7 Å². The van der Waals surface area contributed by atoms with Gasteiger partial charge in [0.1, 0.15) is 0 Å². The van der Waals surface area contributed by atoms with Gasteiger partial charge < -0.3 is 11.1 Å². The van der Waals surface area contributed by atoms with E-state index in [1.54, 1.807) is 11.3 Å². The van der Waals surface area contributed by atoms with Gasteiger partial charge in [0, 0.05) is 17.8 Å². The lowest BCUT2D eigenvalue weighted by atomic mass is 9.84. The van der Waals surface area contributed by atoms with Crippen LogP contribution in [0.3, 0.4) is 0 Å². The van der Waals surface area contributed by atoms with Crippen molar-refractivity contribution in [3.63, 3.8) is 0 Å². The highest BCUT2D eigenvalue weighted by atomic mass is 32.1. The Morgan fingerprint density at radius 2 is 2.30 bits per heavy atom. The summed E-state index contributed by atoms with van der Waals surface area (Å²) in [6, 6.07) is 0.294. The van der Waals surface area contributed by atoms with Crippen molar-refractivity contribution < 1.29 is 4.79 Å². The molecular weight excluding hydrogens is 270 g/mol. The van der Waals surface area contributed by atoms with E-state index >= 15 is 0 Å². The van der Waals surface area contributed by atoms with E-state index in [9.17, 15) is 4.79 Å². The fraction of sp³-hybridized carbons (Fsp3) is 0.733. The van der Waals surface area contributed by atoms with Crippen LogP contribution in [-0.2, 0) is 11.2 Å². The van der Waals surface area contributed by atoms with Crippen LogP contribution >= 0.6 is 11.3 Å². The molecule has 0 aliphatic heterocycles. The van der Waals surface area contributed by atoms with Crippen LogP contribution in [0.4, 0.5) is 0 Å². The molecule has 0 spiro atoms. The van der Waals surface area contributed by atoms with E-state index in [0.717, 1.165) is 36.4 Å². The third kappa shape index (κ3) is 4.56. The minimum absolute atomic E-state index is 0.169. The first-order valence-electron chi connectivity index (χ1n) is 7.59. The van der Waals surface area contributed by atoms with Gasteiger partial charge in [-0.3, -0.25) is 4.79 Å². The van der Waals surface area contributed by atoms with Crippen LogP contribution in [0, 0.1) is 12.8 Å². The van der Waals surface area contributed by atoms with Gasteiger partial charge in [0.25, 0.3) is 0 Å². The second kappa shape index (κ2) is 7.74. The van der Waals surface area contributed by atoms with E-state index < -0.39 is 0 Å². The van der Waals surface area contributed by atoms with Crippen LogP contribution in [0.15, 0.2) is 5.38 Å². The molecule has 0 bridgehead atoms. The summed E-state index contributed by atoms with van der Waals surface area (Å²) in [7, 11) is 0. The SMILES string of the molecule is Cc1nc(CCCC(=O)NC2CCCCC2CN)cs1. The lowest BCUT2D eigenvalue weighted by Gasteiger charge is -2.31. The average molecular weight is 295 g/mol. The molecule has 1 heterocycles. The highest BCUT2D eigenvalue weighted by Gasteiger charge is 2.24. The standard InChI is InChI=1S/C15H25N3OS/c1-11-17-13(10-20-11)6-4-8-15(19)18-14-7-3-2-5-12(14)9-16/h10,12,14H,2-9,16H2,1H3,(H,18,19). The molecule has 0 aromatic carbocycles. The monoisotopic (exact) mass is 295 g/mol. The topological polar surface area (TPSA) is 68.0 Å². The number of hydrogen-bond donors (Lipinski definition) is 2. The Morgan fingerprint density at radius 1 is 1.50 bits per heavy atom. The molecule has 112 valence electrons. The van der Waals surface area contributed by atoms with E-state index in [4.69, 9.17) is 5.73 Å². The van der Waals surface area contributed by atoms with E-state index in [0.29, 0.717) is 24.9 Å². The van der Waals surface area contributed by atoms with Crippen LogP contribution in [0.5, 0.6) is 0 Å². The lowest BCUT2D eigenvalue weighted by Crippen LogP contribution is -2.44. The van der Waals surface area contributed by atoms with Gasteiger partial charge in [-0.25, -0.2) is 4.98 Å². The number of aryl methyl sites for hydroxylation is 2. The molecule has 0 saturated heterocycles. The maximum absolute atomic E-state index is 12.0. The normalized spacial score (nSPS) is 22.7. The number of nitrogens with zero attached hydrogens (tertiary/aromatic N) is 1. The van der Waals surface area contributed by atoms with Crippen molar-refractivity contribution in [3.8, 4) is 0 Å². The van der Waals surface area contributed by atoms with Gasteiger partial charge in [-0.2, -0.15) is 0 Å².